The maximum atomic E-state index is 12.4. The first-order valence-corrected chi connectivity index (χ1v) is 9.25. The van der Waals surface area contributed by atoms with E-state index in [0.29, 0.717) is 12.3 Å². The summed E-state index contributed by atoms with van der Waals surface area (Å²) in [5.41, 5.74) is -1.16. The first-order valence-electron chi connectivity index (χ1n) is 7.77. The van der Waals surface area contributed by atoms with Gasteiger partial charge in [-0.05, 0) is 31.7 Å². The van der Waals surface area contributed by atoms with Gasteiger partial charge < -0.3 is 15.4 Å². The van der Waals surface area contributed by atoms with E-state index in [9.17, 15) is 18.0 Å². The molecule has 1 aromatic carbocycles. The molecule has 4 N–H and O–H groups in total. The highest BCUT2D eigenvalue weighted by Crippen LogP contribution is 2.34. The Kier molecular flexibility index (Phi) is 5.65. The van der Waals surface area contributed by atoms with Crippen molar-refractivity contribution >= 4 is 22.0 Å². The molecule has 1 saturated heterocycles. The van der Waals surface area contributed by atoms with Crippen molar-refractivity contribution in [3.8, 4) is 5.75 Å². The number of methoxy groups -OCH3 is 1. The number of carbonyl (C=O) groups is 2. The minimum absolute atomic E-state index is 0.0185. The van der Waals surface area contributed by atoms with Crippen LogP contribution in [0.2, 0.25) is 0 Å². The summed E-state index contributed by atoms with van der Waals surface area (Å²) in [7, 11) is -2.36. The number of sulfonamides is 1. The molecule has 0 bridgehead atoms. The molecule has 3 amide bonds. The van der Waals surface area contributed by atoms with E-state index in [2.05, 4.69) is 20.7 Å². The smallest absolute Gasteiger partial charge is 0.322 e. The number of amides is 3. The molecule has 0 aromatic heterocycles. The van der Waals surface area contributed by atoms with Gasteiger partial charge in [0.25, 0.3) is 5.91 Å². The molecule has 1 aliphatic heterocycles. The summed E-state index contributed by atoms with van der Waals surface area (Å²) in [5.74, 6) is -0.281. The second-order valence-corrected chi connectivity index (χ2v) is 7.41. The van der Waals surface area contributed by atoms with Crippen LogP contribution in [0, 0.1) is 0 Å². The molecule has 0 radical (unpaired) electrons. The van der Waals surface area contributed by atoms with E-state index in [0.717, 1.165) is 6.54 Å². The lowest BCUT2D eigenvalue weighted by Crippen LogP contribution is -2.41. The molecular weight excluding hydrogens is 348 g/mol. The van der Waals surface area contributed by atoms with Crippen molar-refractivity contribution in [1.29, 1.82) is 0 Å². The zero-order chi connectivity index (χ0) is 18.7. The Morgan fingerprint density at radius 1 is 1.24 bits per heavy atom. The van der Waals surface area contributed by atoms with E-state index in [1.54, 1.807) is 0 Å². The van der Waals surface area contributed by atoms with E-state index in [1.807, 2.05) is 6.92 Å². The number of hydrogen-bond donors (Lipinski definition) is 4. The molecular formula is C15H22N4O5S. The monoisotopic (exact) mass is 370 g/mol. The summed E-state index contributed by atoms with van der Waals surface area (Å²) in [5, 5.41) is 7.67. The summed E-state index contributed by atoms with van der Waals surface area (Å²) in [6, 6.07) is 3.53. The van der Waals surface area contributed by atoms with Crippen molar-refractivity contribution in [3.05, 3.63) is 23.8 Å². The molecule has 1 aliphatic rings. The van der Waals surface area contributed by atoms with Crippen LogP contribution < -0.4 is 25.4 Å². The van der Waals surface area contributed by atoms with Crippen LogP contribution in [0.4, 0.5) is 4.79 Å². The molecule has 2 rings (SSSR count). The van der Waals surface area contributed by atoms with Crippen molar-refractivity contribution in [2.75, 3.05) is 26.7 Å². The van der Waals surface area contributed by atoms with Crippen molar-refractivity contribution in [1.82, 2.24) is 20.7 Å². The second kappa shape index (κ2) is 7.38. The molecule has 0 saturated carbocycles. The Morgan fingerprint density at radius 2 is 1.96 bits per heavy atom. The van der Waals surface area contributed by atoms with Crippen LogP contribution in [-0.4, -0.2) is 47.1 Å². The maximum absolute atomic E-state index is 12.4. The molecule has 1 unspecified atom stereocenters. The van der Waals surface area contributed by atoms with Crippen LogP contribution in [0.5, 0.6) is 5.75 Å². The number of carbonyl (C=O) groups excluding carboxylic acids is 2. The Labute approximate surface area is 146 Å². The summed E-state index contributed by atoms with van der Waals surface area (Å²) in [6.07, 6.45) is 0. The van der Waals surface area contributed by atoms with E-state index in [-0.39, 0.29) is 17.0 Å². The molecule has 0 spiro atoms. The van der Waals surface area contributed by atoms with Gasteiger partial charge in [0, 0.05) is 18.7 Å². The maximum Gasteiger partial charge on any atom is 0.322 e. The Morgan fingerprint density at radius 3 is 2.52 bits per heavy atom. The quantitative estimate of drug-likeness (QED) is 0.366. The van der Waals surface area contributed by atoms with Gasteiger partial charge in [0.2, 0.25) is 10.0 Å². The van der Waals surface area contributed by atoms with Crippen LogP contribution in [0.25, 0.3) is 0 Å². The highest BCUT2D eigenvalue weighted by molar-refractivity contribution is 7.89. The molecule has 138 valence electrons. The summed E-state index contributed by atoms with van der Waals surface area (Å²) in [4.78, 5) is 23.6. The Balaban J connectivity index is 2.37. The van der Waals surface area contributed by atoms with Crippen LogP contribution in [0.1, 0.15) is 19.4 Å². The predicted octanol–water partition coefficient (Wildman–Crippen LogP) is -0.362. The number of likely N-dealkylation sites (N-methyl/N-ethyl adjacent to an activating group) is 1. The van der Waals surface area contributed by atoms with E-state index in [1.165, 1.54) is 32.2 Å². The molecule has 1 aromatic rings. The number of ether oxygens (including phenoxy) is 1. The third-order valence-corrected chi connectivity index (χ3v) is 5.37. The van der Waals surface area contributed by atoms with Gasteiger partial charge in [-0.2, -0.15) is 0 Å². The fourth-order valence-corrected chi connectivity index (χ4v) is 3.57. The summed E-state index contributed by atoms with van der Waals surface area (Å²) < 4.78 is 32.6. The third-order valence-electron chi connectivity index (χ3n) is 3.91. The minimum Gasteiger partial charge on any atom is -0.496 e. The Bertz CT molecular complexity index is 780. The molecule has 1 fully saturated rings. The van der Waals surface area contributed by atoms with Gasteiger partial charge in [0.05, 0.1) is 12.0 Å². The minimum atomic E-state index is -3.77. The lowest BCUT2D eigenvalue weighted by atomic mass is 9.91. The highest BCUT2D eigenvalue weighted by Gasteiger charge is 2.45. The van der Waals surface area contributed by atoms with Crippen LogP contribution in [0.15, 0.2) is 23.1 Å². The van der Waals surface area contributed by atoms with Gasteiger partial charge in [-0.3, -0.25) is 10.1 Å². The molecule has 10 heteroatoms. The van der Waals surface area contributed by atoms with Crippen LogP contribution in [-0.2, 0) is 20.4 Å². The summed E-state index contributed by atoms with van der Waals surface area (Å²) in [6.45, 7) is 4.87. The third kappa shape index (κ3) is 3.91. The molecule has 1 heterocycles. The zero-order valence-corrected chi connectivity index (χ0v) is 15.1. The topological polar surface area (TPSA) is 126 Å². The van der Waals surface area contributed by atoms with Gasteiger partial charge >= 0.3 is 6.03 Å². The number of benzene rings is 1. The zero-order valence-electron chi connectivity index (χ0n) is 14.3. The number of nitrogens with one attached hydrogen (secondary N) is 4. The van der Waals surface area contributed by atoms with Crippen LogP contribution >= 0.6 is 0 Å². The van der Waals surface area contributed by atoms with Crippen molar-refractivity contribution in [3.63, 3.8) is 0 Å². The first-order chi connectivity index (χ1) is 11.7. The molecule has 1 atom stereocenters. The molecule has 25 heavy (non-hydrogen) atoms. The number of imide groups is 1. The normalized spacial score (nSPS) is 20.3. The molecule has 0 aliphatic carbocycles. The van der Waals surface area contributed by atoms with Gasteiger partial charge in [-0.1, -0.05) is 6.92 Å². The average Bonchev–Trinajstić information content (AvgIpc) is 2.84. The second-order valence-electron chi connectivity index (χ2n) is 5.65. The first kappa shape index (κ1) is 19.2. The number of urea groups is 1. The molecule has 9 nitrogen and oxygen atoms in total. The van der Waals surface area contributed by atoms with E-state index in [4.69, 9.17) is 4.74 Å². The lowest BCUT2D eigenvalue weighted by Gasteiger charge is -2.24. The average molecular weight is 370 g/mol. The fourth-order valence-electron chi connectivity index (χ4n) is 2.51. The highest BCUT2D eigenvalue weighted by atomic mass is 32.2. The van der Waals surface area contributed by atoms with E-state index < -0.39 is 27.5 Å². The van der Waals surface area contributed by atoms with Gasteiger partial charge in [-0.15, -0.1) is 0 Å². The standard InChI is InChI=1S/C15H22N4O5S/c1-4-16-7-8-17-25(22,23)10-5-6-12(24-3)11(9-10)15(2)13(20)18-14(21)19-15/h5-6,9,16-17H,4,7-8H2,1-3H3,(H2,18,19,20,21). The van der Waals surface area contributed by atoms with Crippen LogP contribution in [0.3, 0.4) is 0 Å². The summed E-state index contributed by atoms with van der Waals surface area (Å²) >= 11 is 0. The fraction of sp³-hybridized carbons (Fsp3) is 0.467. The van der Waals surface area contributed by atoms with Crippen molar-refractivity contribution < 1.29 is 22.7 Å². The number of hydrogen-bond acceptors (Lipinski definition) is 6. The lowest BCUT2D eigenvalue weighted by molar-refractivity contribution is -0.123. The SMILES string of the molecule is CCNCCNS(=O)(=O)c1ccc(OC)c(C2(C)NC(=O)NC2=O)c1. The predicted molar refractivity (Wildman–Crippen MR) is 90.8 cm³/mol. The van der Waals surface area contributed by atoms with Crippen molar-refractivity contribution in [2.45, 2.75) is 24.3 Å². The van der Waals surface area contributed by atoms with Gasteiger partial charge in [-0.25, -0.2) is 17.9 Å². The van der Waals surface area contributed by atoms with Crippen molar-refractivity contribution in [2.24, 2.45) is 0 Å². The van der Waals surface area contributed by atoms with E-state index >= 15 is 0 Å². The number of rotatable bonds is 8. The largest absolute Gasteiger partial charge is 0.496 e. The van der Waals surface area contributed by atoms with Gasteiger partial charge in [0.15, 0.2) is 0 Å². The Hall–Kier alpha value is -2.17. The van der Waals surface area contributed by atoms with Gasteiger partial charge in [0.1, 0.15) is 11.3 Å².